The maximum atomic E-state index is 8.64. The Morgan fingerprint density at radius 2 is 2.38 bits per heavy atom. The molecule has 2 N–H and O–H groups in total. The molecular formula is C9H9N3O. The molecule has 0 saturated heterocycles. The Hall–Kier alpha value is -1.76. The molecule has 66 valence electrons. The molecule has 4 nitrogen and oxygen atoms in total. The van der Waals surface area contributed by atoms with Crippen LogP contribution in [0.4, 0.5) is 5.69 Å². The molecule has 0 bridgehead atoms. The molecule has 0 spiro atoms. The van der Waals surface area contributed by atoms with Gasteiger partial charge in [0.1, 0.15) is 17.5 Å². The van der Waals surface area contributed by atoms with Crippen LogP contribution in [0.5, 0.6) is 5.75 Å². The van der Waals surface area contributed by atoms with Crippen LogP contribution < -0.4 is 10.5 Å². The van der Waals surface area contributed by atoms with Gasteiger partial charge in [0.2, 0.25) is 0 Å². The maximum Gasteiger partial charge on any atom is 0.167 e. The molecule has 0 amide bonds. The minimum Gasteiger partial charge on any atom is -0.488 e. The molecule has 1 aliphatic carbocycles. The van der Waals surface area contributed by atoms with E-state index in [1.807, 2.05) is 6.07 Å². The van der Waals surface area contributed by atoms with E-state index in [1.165, 1.54) is 6.20 Å². The summed E-state index contributed by atoms with van der Waals surface area (Å²) in [5, 5.41) is 8.64. The molecule has 1 aromatic rings. The number of nitrogen functional groups attached to an aromatic ring is 1. The van der Waals surface area contributed by atoms with Gasteiger partial charge in [0.25, 0.3) is 0 Å². The van der Waals surface area contributed by atoms with E-state index in [1.54, 1.807) is 6.07 Å². The molecule has 0 unspecified atom stereocenters. The van der Waals surface area contributed by atoms with Crippen molar-refractivity contribution < 1.29 is 4.74 Å². The fourth-order valence-corrected chi connectivity index (χ4v) is 1.01. The number of ether oxygens (including phenoxy) is 1. The number of nitriles is 1. The fraction of sp³-hybridized carbons (Fsp3) is 0.333. The summed E-state index contributed by atoms with van der Waals surface area (Å²) in [6.07, 6.45) is 3.97. The predicted molar refractivity (Wildman–Crippen MR) is 47.0 cm³/mol. The van der Waals surface area contributed by atoms with E-state index in [0.29, 0.717) is 11.4 Å². The second-order valence-corrected chi connectivity index (χ2v) is 3.00. The van der Waals surface area contributed by atoms with Crippen LogP contribution in [0.3, 0.4) is 0 Å². The summed E-state index contributed by atoms with van der Waals surface area (Å²) >= 11 is 0. The Balaban J connectivity index is 2.28. The zero-order chi connectivity index (χ0) is 9.26. The second-order valence-electron chi connectivity index (χ2n) is 3.00. The number of aromatic nitrogens is 1. The first-order valence-electron chi connectivity index (χ1n) is 4.12. The monoisotopic (exact) mass is 175 g/mol. The average Bonchev–Trinajstić information content (AvgIpc) is 2.92. The van der Waals surface area contributed by atoms with E-state index in [9.17, 15) is 0 Å². The standard InChI is InChI=1S/C9H9N3O/c10-5-7-9(11)8(3-4-12-7)13-6-1-2-6/h3-4,6H,1-2,11H2. The quantitative estimate of drug-likeness (QED) is 0.729. The minimum atomic E-state index is 0.234. The number of rotatable bonds is 2. The minimum absolute atomic E-state index is 0.234. The smallest absolute Gasteiger partial charge is 0.167 e. The Bertz CT molecular complexity index is 366. The van der Waals surface area contributed by atoms with E-state index < -0.39 is 0 Å². The summed E-state index contributed by atoms with van der Waals surface area (Å²) in [4.78, 5) is 3.82. The first-order valence-corrected chi connectivity index (χ1v) is 4.12. The summed E-state index contributed by atoms with van der Waals surface area (Å²) in [5.41, 5.74) is 6.24. The zero-order valence-electron chi connectivity index (χ0n) is 7.03. The van der Waals surface area contributed by atoms with Gasteiger partial charge in [0.05, 0.1) is 6.10 Å². The lowest BCUT2D eigenvalue weighted by molar-refractivity contribution is 0.304. The van der Waals surface area contributed by atoms with E-state index in [0.717, 1.165) is 12.8 Å². The molecule has 0 aromatic carbocycles. The predicted octanol–water partition coefficient (Wildman–Crippen LogP) is 1.08. The zero-order valence-corrected chi connectivity index (χ0v) is 7.03. The van der Waals surface area contributed by atoms with Crippen LogP contribution in [0.1, 0.15) is 18.5 Å². The topological polar surface area (TPSA) is 71.9 Å². The van der Waals surface area contributed by atoms with Crippen LogP contribution in [0.25, 0.3) is 0 Å². The second kappa shape index (κ2) is 2.94. The van der Waals surface area contributed by atoms with Gasteiger partial charge in [0.15, 0.2) is 5.69 Å². The SMILES string of the molecule is N#Cc1nccc(OC2CC2)c1N. The average molecular weight is 175 g/mol. The lowest BCUT2D eigenvalue weighted by Crippen LogP contribution is -2.02. The van der Waals surface area contributed by atoms with Crippen LogP contribution in [-0.2, 0) is 0 Å². The molecule has 4 heteroatoms. The van der Waals surface area contributed by atoms with Crippen LogP contribution in [0, 0.1) is 11.3 Å². The van der Waals surface area contributed by atoms with Crippen molar-refractivity contribution >= 4 is 5.69 Å². The molecular weight excluding hydrogens is 166 g/mol. The maximum absolute atomic E-state index is 8.64. The van der Waals surface area contributed by atoms with E-state index in [2.05, 4.69) is 4.98 Å². The third kappa shape index (κ3) is 1.54. The number of nitrogens with two attached hydrogens (primary N) is 1. The van der Waals surface area contributed by atoms with Gasteiger partial charge in [-0.15, -0.1) is 0 Å². The molecule has 1 saturated carbocycles. The van der Waals surface area contributed by atoms with Crippen LogP contribution >= 0.6 is 0 Å². The molecule has 0 atom stereocenters. The Labute approximate surface area is 76.0 Å². The van der Waals surface area contributed by atoms with Crippen molar-refractivity contribution in [1.82, 2.24) is 4.98 Å². The largest absolute Gasteiger partial charge is 0.488 e. The highest BCUT2D eigenvalue weighted by molar-refractivity contribution is 5.59. The van der Waals surface area contributed by atoms with Gasteiger partial charge in [-0.2, -0.15) is 5.26 Å². The van der Waals surface area contributed by atoms with Gasteiger partial charge >= 0.3 is 0 Å². The van der Waals surface area contributed by atoms with Crippen LogP contribution in [-0.4, -0.2) is 11.1 Å². The molecule has 0 aliphatic heterocycles. The summed E-state index contributed by atoms with van der Waals surface area (Å²) in [7, 11) is 0. The van der Waals surface area contributed by atoms with Gasteiger partial charge in [-0.1, -0.05) is 0 Å². The van der Waals surface area contributed by atoms with Gasteiger partial charge in [-0.3, -0.25) is 0 Å². The molecule has 1 fully saturated rings. The van der Waals surface area contributed by atoms with Crippen molar-refractivity contribution in [3.05, 3.63) is 18.0 Å². The first-order chi connectivity index (χ1) is 6.31. The van der Waals surface area contributed by atoms with Gasteiger partial charge in [-0.25, -0.2) is 4.98 Å². The van der Waals surface area contributed by atoms with Crippen molar-refractivity contribution in [3.63, 3.8) is 0 Å². The number of hydrogen-bond donors (Lipinski definition) is 1. The van der Waals surface area contributed by atoms with Crippen LogP contribution in [0.15, 0.2) is 12.3 Å². The number of hydrogen-bond acceptors (Lipinski definition) is 4. The normalized spacial score (nSPS) is 15.0. The third-order valence-electron chi connectivity index (χ3n) is 1.87. The highest BCUT2D eigenvalue weighted by atomic mass is 16.5. The Morgan fingerprint density at radius 3 is 3.00 bits per heavy atom. The van der Waals surface area contributed by atoms with Crippen molar-refractivity contribution in [2.75, 3.05) is 5.73 Å². The Morgan fingerprint density at radius 1 is 1.62 bits per heavy atom. The van der Waals surface area contributed by atoms with Gasteiger partial charge in [-0.05, 0) is 12.8 Å². The molecule has 1 aliphatic rings. The van der Waals surface area contributed by atoms with E-state index in [-0.39, 0.29) is 11.8 Å². The van der Waals surface area contributed by atoms with Crippen molar-refractivity contribution in [3.8, 4) is 11.8 Å². The van der Waals surface area contributed by atoms with Crippen LogP contribution in [0.2, 0.25) is 0 Å². The molecule has 13 heavy (non-hydrogen) atoms. The van der Waals surface area contributed by atoms with Crippen molar-refractivity contribution in [2.45, 2.75) is 18.9 Å². The van der Waals surface area contributed by atoms with Crippen molar-refractivity contribution in [1.29, 1.82) is 5.26 Å². The van der Waals surface area contributed by atoms with E-state index in [4.69, 9.17) is 15.7 Å². The lowest BCUT2D eigenvalue weighted by atomic mass is 10.3. The number of anilines is 1. The third-order valence-corrected chi connectivity index (χ3v) is 1.87. The fourth-order valence-electron chi connectivity index (χ4n) is 1.01. The molecule has 1 heterocycles. The number of pyridine rings is 1. The first kappa shape index (κ1) is 7.87. The highest BCUT2D eigenvalue weighted by Crippen LogP contribution is 2.30. The highest BCUT2D eigenvalue weighted by Gasteiger charge is 2.24. The Kier molecular flexibility index (Phi) is 1.78. The van der Waals surface area contributed by atoms with E-state index >= 15 is 0 Å². The molecule has 0 radical (unpaired) electrons. The van der Waals surface area contributed by atoms with Crippen molar-refractivity contribution in [2.24, 2.45) is 0 Å². The molecule has 1 aromatic heterocycles. The molecule has 2 rings (SSSR count). The summed E-state index contributed by atoms with van der Waals surface area (Å²) in [6.45, 7) is 0. The lowest BCUT2D eigenvalue weighted by Gasteiger charge is -2.06. The van der Waals surface area contributed by atoms with Gasteiger partial charge in [0, 0.05) is 12.3 Å². The summed E-state index contributed by atoms with van der Waals surface area (Å²) in [6, 6.07) is 3.60. The summed E-state index contributed by atoms with van der Waals surface area (Å²) < 4.78 is 5.48. The van der Waals surface area contributed by atoms with Gasteiger partial charge < -0.3 is 10.5 Å². The number of nitrogens with zero attached hydrogens (tertiary/aromatic N) is 2. The summed E-state index contributed by atoms with van der Waals surface area (Å²) in [5.74, 6) is 0.578.